The van der Waals surface area contributed by atoms with Gasteiger partial charge in [0.05, 0.1) is 17.6 Å². The van der Waals surface area contributed by atoms with Gasteiger partial charge in [-0.25, -0.2) is 0 Å². The number of fused-ring (bicyclic) bond motifs is 1. The molecule has 0 bridgehead atoms. The molecule has 0 aliphatic heterocycles. The third kappa shape index (κ3) is 0.515. The summed E-state index contributed by atoms with van der Waals surface area (Å²) in [6.07, 6.45) is 7.13. The van der Waals surface area contributed by atoms with Crippen LogP contribution in [-0.2, 0) is 0 Å². The summed E-state index contributed by atoms with van der Waals surface area (Å²) in [5.74, 6) is 0.282. The van der Waals surface area contributed by atoms with Crippen LogP contribution in [-0.4, -0.2) is 0 Å². The number of nitrogens with zero attached hydrogens (tertiary/aromatic N) is 2. The van der Waals surface area contributed by atoms with E-state index in [4.69, 9.17) is 5.26 Å². The summed E-state index contributed by atoms with van der Waals surface area (Å²) in [6, 6.07) is 4.76. The summed E-state index contributed by atoms with van der Waals surface area (Å²) < 4.78 is 0. The molecule has 2 nitrogen and oxygen atoms in total. The molecule has 74 valence electrons. The molecule has 0 heterocycles. The van der Waals surface area contributed by atoms with E-state index in [0.717, 1.165) is 12.0 Å². The standard InChI is InChI=1S/C13H12N2/c1-3-13-10-6-9(7-14)11(13,2)4-5-12(10,13)8-15/h4-6,10H,3H2,1-2H3. The molecule has 1 fully saturated rings. The largest absolute Gasteiger partial charge is 0.197 e. The van der Waals surface area contributed by atoms with Crippen molar-refractivity contribution in [3.8, 4) is 12.1 Å². The highest BCUT2D eigenvalue weighted by Gasteiger charge is 2.85. The first kappa shape index (κ1) is 8.74. The van der Waals surface area contributed by atoms with Gasteiger partial charge < -0.3 is 0 Å². The first-order valence-corrected chi connectivity index (χ1v) is 5.37. The fraction of sp³-hybridized carbons (Fsp3) is 0.538. The van der Waals surface area contributed by atoms with Crippen LogP contribution in [0, 0.1) is 44.8 Å². The lowest BCUT2D eigenvalue weighted by Gasteiger charge is -2.30. The Bertz CT molecular complexity index is 502. The number of rotatable bonds is 1. The summed E-state index contributed by atoms with van der Waals surface area (Å²) in [7, 11) is 0. The molecule has 4 unspecified atom stereocenters. The molecule has 2 heteroatoms. The van der Waals surface area contributed by atoms with Crippen molar-refractivity contribution in [3.05, 3.63) is 23.8 Å². The Kier molecular flexibility index (Phi) is 1.18. The van der Waals surface area contributed by atoms with Crippen LogP contribution in [0.15, 0.2) is 23.8 Å². The molecule has 4 atom stereocenters. The quantitative estimate of drug-likeness (QED) is 0.605. The first-order valence-electron chi connectivity index (χ1n) is 5.37. The van der Waals surface area contributed by atoms with Gasteiger partial charge in [-0.15, -0.1) is 0 Å². The molecule has 3 aliphatic rings. The van der Waals surface area contributed by atoms with Crippen molar-refractivity contribution in [1.29, 1.82) is 10.5 Å². The van der Waals surface area contributed by atoms with Crippen molar-refractivity contribution in [1.82, 2.24) is 0 Å². The molecule has 0 amide bonds. The minimum Gasteiger partial charge on any atom is -0.197 e. The zero-order valence-electron chi connectivity index (χ0n) is 8.91. The molecule has 0 saturated heterocycles. The maximum absolute atomic E-state index is 9.35. The van der Waals surface area contributed by atoms with E-state index in [1.807, 2.05) is 12.2 Å². The third-order valence-corrected chi connectivity index (χ3v) is 5.04. The van der Waals surface area contributed by atoms with Crippen LogP contribution in [0.5, 0.6) is 0 Å². The van der Waals surface area contributed by atoms with Gasteiger partial charge in [0, 0.05) is 22.3 Å². The van der Waals surface area contributed by atoms with Crippen LogP contribution < -0.4 is 0 Å². The fourth-order valence-electron chi connectivity index (χ4n) is 4.23. The number of hydrogen-bond acceptors (Lipinski definition) is 2. The molecule has 15 heavy (non-hydrogen) atoms. The van der Waals surface area contributed by atoms with Crippen LogP contribution in [0.2, 0.25) is 0 Å². The van der Waals surface area contributed by atoms with Gasteiger partial charge in [-0.1, -0.05) is 32.1 Å². The predicted molar refractivity (Wildman–Crippen MR) is 55.2 cm³/mol. The molecule has 0 spiro atoms. The Morgan fingerprint density at radius 1 is 1.40 bits per heavy atom. The van der Waals surface area contributed by atoms with E-state index < -0.39 is 0 Å². The van der Waals surface area contributed by atoms with E-state index in [-0.39, 0.29) is 22.2 Å². The number of allylic oxidation sites excluding steroid dienone is 4. The molecule has 0 N–H and O–H groups in total. The molecular weight excluding hydrogens is 184 g/mol. The van der Waals surface area contributed by atoms with Gasteiger partial charge in [0.15, 0.2) is 0 Å². The SMILES string of the molecule is CCC12C3C=C(C#N)C1(C)C=CC32C#N. The maximum Gasteiger partial charge on any atom is 0.0953 e. The van der Waals surface area contributed by atoms with Crippen molar-refractivity contribution >= 4 is 0 Å². The van der Waals surface area contributed by atoms with Crippen molar-refractivity contribution in [2.45, 2.75) is 20.3 Å². The lowest BCUT2D eigenvalue weighted by Crippen LogP contribution is -2.27. The predicted octanol–water partition coefficient (Wildman–Crippen LogP) is 2.56. The third-order valence-electron chi connectivity index (χ3n) is 5.04. The topological polar surface area (TPSA) is 47.6 Å². The van der Waals surface area contributed by atoms with Crippen LogP contribution >= 0.6 is 0 Å². The number of hydrogen-bond donors (Lipinski definition) is 0. The molecule has 0 aromatic heterocycles. The van der Waals surface area contributed by atoms with Crippen molar-refractivity contribution in [3.63, 3.8) is 0 Å². The smallest absolute Gasteiger partial charge is 0.0953 e. The summed E-state index contributed by atoms with van der Waals surface area (Å²) in [6.45, 7) is 4.24. The van der Waals surface area contributed by atoms with Crippen LogP contribution in [0.3, 0.4) is 0 Å². The average Bonchev–Trinajstić information content (AvgIpc) is 2.66. The Balaban J connectivity index is 2.26. The molecule has 1 saturated carbocycles. The second-order valence-corrected chi connectivity index (χ2v) is 5.01. The monoisotopic (exact) mass is 196 g/mol. The van der Waals surface area contributed by atoms with Crippen molar-refractivity contribution < 1.29 is 0 Å². The number of nitriles is 2. The zero-order valence-corrected chi connectivity index (χ0v) is 8.91. The molecular formula is C13H12N2. The van der Waals surface area contributed by atoms with Gasteiger partial charge in [-0.3, -0.25) is 0 Å². The Hall–Kier alpha value is -1.54. The molecule has 0 aromatic rings. The van der Waals surface area contributed by atoms with E-state index in [2.05, 4.69) is 32.1 Å². The summed E-state index contributed by atoms with van der Waals surface area (Å²) >= 11 is 0. The Morgan fingerprint density at radius 2 is 2.13 bits per heavy atom. The van der Waals surface area contributed by atoms with Gasteiger partial charge in [0.25, 0.3) is 0 Å². The lowest BCUT2D eigenvalue weighted by molar-refractivity contribution is 0.266. The van der Waals surface area contributed by atoms with Gasteiger partial charge in [0.2, 0.25) is 0 Å². The average molecular weight is 196 g/mol. The molecule has 0 aromatic carbocycles. The van der Waals surface area contributed by atoms with E-state index in [1.165, 1.54) is 0 Å². The highest BCUT2D eigenvalue weighted by Crippen LogP contribution is 2.87. The molecule has 3 aliphatic carbocycles. The van der Waals surface area contributed by atoms with E-state index >= 15 is 0 Å². The molecule has 0 radical (unpaired) electrons. The van der Waals surface area contributed by atoms with Gasteiger partial charge >= 0.3 is 0 Å². The van der Waals surface area contributed by atoms with E-state index in [1.54, 1.807) is 0 Å². The second kappa shape index (κ2) is 2.02. The summed E-state index contributed by atoms with van der Waals surface area (Å²) in [5.41, 5.74) is 0.377. The summed E-state index contributed by atoms with van der Waals surface area (Å²) in [4.78, 5) is 0. The first-order chi connectivity index (χ1) is 7.13. The highest BCUT2D eigenvalue weighted by molar-refractivity contribution is 5.62. The van der Waals surface area contributed by atoms with Crippen LogP contribution in [0.4, 0.5) is 0 Å². The highest BCUT2D eigenvalue weighted by atomic mass is 14.9. The van der Waals surface area contributed by atoms with Gasteiger partial charge in [-0.05, 0) is 6.42 Å². The van der Waals surface area contributed by atoms with E-state index in [0.29, 0.717) is 0 Å². The zero-order chi connectivity index (χ0) is 10.9. The van der Waals surface area contributed by atoms with Crippen molar-refractivity contribution in [2.75, 3.05) is 0 Å². The minimum atomic E-state index is -0.295. The summed E-state index contributed by atoms with van der Waals surface area (Å²) in [5, 5.41) is 18.5. The van der Waals surface area contributed by atoms with Crippen LogP contribution in [0.1, 0.15) is 20.3 Å². The Labute approximate surface area is 89.5 Å². The molecule has 3 rings (SSSR count). The lowest BCUT2D eigenvalue weighted by atomic mass is 9.70. The van der Waals surface area contributed by atoms with Crippen LogP contribution in [0.25, 0.3) is 0 Å². The van der Waals surface area contributed by atoms with Gasteiger partial charge in [-0.2, -0.15) is 10.5 Å². The van der Waals surface area contributed by atoms with E-state index in [9.17, 15) is 5.26 Å². The van der Waals surface area contributed by atoms with Gasteiger partial charge in [0.1, 0.15) is 0 Å². The second-order valence-electron chi connectivity index (χ2n) is 5.01. The fourth-order valence-corrected chi connectivity index (χ4v) is 4.23. The maximum atomic E-state index is 9.35. The Morgan fingerprint density at radius 3 is 2.60 bits per heavy atom. The minimum absolute atomic E-state index is 0.000185. The van der Waals surface area contributed by atoms with Crippen molar-refractivity contribution in [2.24, 2.45) is 22.2 Å². The normalized spacial score (nSPS) is 53.1.